The van der Waals surface area contributed by atoms with Gasteiger partial charge < -0.3 is 5.32 Å². The molecule has 0 spiro atoms. The number of nitrogens with one attached hydrogen (secondary N) is 1. The Morgan fingerprint density at radius 1 is 1.25 bits per heavy atom. The highest BCUT2D eigenvalue weighted by molar-refractivity contribution is 5.89. The lowest BCUT2D eigenvalue weighted by atomic mass is 10.1. The molecule has 2 aromatic heterocycles. The van der Waals surface area contributed by atoms with Crippen molar-refractivity contribution in [1.29, 1.82) is 0 Å². The van der Waals surface area contributed by atoms with E-state index in [1.54, 1.807) is 6.20 Å². The number of fused-ring (bicyclic) bond motifs is 1. The molecule has 5 nitrogen and oxygen atoms in total. The van der Waals surface area contributed by atoms with Crippen molar-refractivity contribution < 1.29 is 0 Å². The van der Waals surface area contributed by atoms with E-state index in [4.69, 9.17) is 0 Å². The van der Waals surface area contributed by atoms with Gasteiger partial charge in [-0.2, -0.15) is 0 Å². The molecule has 1 atom stereocenters. The maximum atomic E-state index is 4.31. The molecule has 0 aliphatic carbocycles. The Morgan fingerprint density at radius 3 is 2.90 bits per heavy atom. The third-order valence-electron chi connectivity index (χ3n) is 3.66. The number of aromatic nitrogens is 4. The van der Waals surface area contributed by atoms with Gasteiger partial charge >= 0.3 is 0 Å². The van der Waals surface area contributed by atoms with Gasteiger partial charge in [-0.05, 0) is 33.0 Å². The van der Waals surface area contributed by atoms with E-state index >= 15 is 0 Å². The lowest BCUT2D eigenvalue weighted by molar-refractivity contribution is 0.627. The van der Waals surface area contributed by atoms with Crippen LogP contribution >= 0.6 is 0 Å². The van der Waals surface area contributed by atoms with Crippen LogP contribution in [0.1, 0.15) is 24.4 Å². The molecule has 20 heavy (non-hydrogen) atoms. The van der Waals surface area contributed by atoms with Gasteiger partial charge in [0.2, 0.25) is 0 Å². The van der Waals surface area contributed by atoms with Crippen molar-refractivity contribution in [2.75, 3.05) is 7.05 Å². The molecule has 1 aromatic carbocycles. The number of pyridine rings is 1. The van der Waals surface area contributed by atoms with Gasteiger partial charge in [0.25, 0.3) is 0 Å². The van der Waals surface area contributed by atoms with Crippen LogP contribution in [-0.2, 0) is 0 Å². The van der Waals surface area contributed by atoms with Crippen LogP contribution in [0, 0.1) is 6.92 Å². The molecule has 0 amide bonds. The minimum absolute atomic E-state index is 0.181. The summed E-state index contributed by atoms with van der Waals surface area (Å²) >= 11 is 0. The summed E-state index contributed by atoms with van der Waals surface area (Å²) in [6, 6.07) is 8.31. The van der Waals surface area contributed by atoms with E-state index in [1.807, 2.05) is 37.0 Å². The first kappa shape index (κ1) is 12.7. The number of hydrogen-bond donors (Lipinski definition) is 1. The molecule has 0 bridgehead atoms. The quantitative estimate of drug-likeness (QED) is 0.791. The van der Waals surface area contributed by atoms with Gasteiger partial charge in [0, 0.05) is 23.2 Å². The average molecular weight is 267 g/mol. The third-order valence-corrected chi connectivity index (χ3v) is 3.66. The van der Waals surface area contributed by atoms with Crippen molar-refractivity contribution in [1.82, 2.24) is 25.3 Å². The first-order valence-corrected chi connectivity index (χ1v) is 6.65. The summed E-state index contributed by atoms with van der Waals surface area (Å²) in [6.45, 7) is 4.12. The zero-order valence-corrected chi connectivity index (χ0v) is 11.8. The second-order valence-corrected chi connectivity index (χ2v) is 4.86. The molecule has 0 saturated heterocycles. The highest BCUT2D eigenvalue weighted by Gasteiger charge is 2.15. The van der Waals surface area contributed by atoms with Crippen LogP contribution in [-0.4, -0.2) is 27.0 Å². The molecule has 1 N–H and O–H groups in total. The van der Waals surface area contributed by atoms with Crippen LogP contribution in [0.3, 0.4) is 0 Å². The number of hydrogen-bond acceptors (Lipinski definition) is 4. The van der Waals surface area contributed by atoms with E-state index in [0.29, 0.717) is 0 Å². The van der Waals surface area contributed by atoms with Crippen molar-refractivity contribution in [3.05, 3.63) is 48.0 Å². The smallest absolute Gasteiger partial charge is 0.103 e. The Morgan fingerprint density at radius 2 is 2.10 bits per heavy atom. The largest absolute Gasteiger partial charge is 0.312 e. The number of benzene rings is 1. The minimum atomic E-state index is 0.181. The monoisotopic (exact) mass is 267 g/mol. The number of rotatable bonds is 3. The topological polar surface area (TPSA) is 55.6 Å². The SMILES string of the molecule is CNC(C)c1nnn(-c2cccc3cnccc23)c1C. The van der Waals surface area contributed by atoms with Crippen molar-refractivity contribution in [2.45, 2.75) is 19.9 Å². The molecule has 1 unspecified atom stereocenters. The molecule has 3 rings (SSSR count). The summed E-state index contributed by atoms with van der Waals surface area (Å²) in [5.41, 5.74) is 3.05. The van der Waals surface area contributed by atoms with E-state index in [1.165, 1.54) is 0 Å². The fourth-order valence-corrected chi connectivity index (χ4v) is 2.40. The summed E-state index contributed by atoms with van der Waals surface area (Å²) in [6.07, 6.45) is 3.66. The lowest BCUT2D eigenvalue weighted by Gasteiger charge is -2.10. The summed E-state index contributed by atoms with van der Waals surface area (Å²) in [7, 11) is 1.92. The zero-order valence-electron chi connectivity index (χ0n) is 11.8. The first-order chi connectivity index (χ1) is 9.72. The van der Waals surface area contributed by atoms with Crippen LogP contribution in [0.15, 0.2) is 36.7 Å². The van der Waals surface area contributed by atoms with Gasteiger partial charge in [-0.25, -0.2) is 4.68 Å². The molecule has 3 aromatic rings. The molecular formula is C15H17N5. The Labute approximate surface area is 117 Å². The maximum Gasteiger partial charge on any atom is 0.103 e. The molecule has 0 saturated carbocycles. The van der Waals surface area contributed by atoms with Gasteiger partial charge in [-0.3, -0.25) is 4.98 Å². The maximum absolute atomic E-state index is 4.31. The van der Waals surface area contributed by atoms with Crippen LogP contribution in [0.2, 0.25) is 0 Å². The minimum Gasteiger partial charge on any atom is -0.312 e. The molecule has 0 aliphatic rings. The predicted molar refractivity (Wildman–Crippen MR) is 78.9 cm³/mol. The Kier molecular flexibility index (Phi) is 3.20. The summed E-state index contributed by atoms with van der Waals surface area (Å²) < 4.78 is 1.89. The molecule has 0 radical (unpaired) electrons. The van der Waals surface area contributed by atoms with E-state index in [-0.39, 0.29) is 6.04 Å². The highest BCUT2D eigenvalue weighted by Crippen LogP contribution is 2.23. The van der Waals surface area contributed by atoms with Crippen LogP contribution in [0.5, 0.6) is 0 Å². The number of nitrogens with zero attached hydrogens (tertiary/aromatic N) is 4. The van der Waals surface area contributed by atoms with Gasteiger partial charge in [0.05, 0.1) is 17.4 Å². The van der Waals surface area contributed by atoms with Gasteiger partial charge in [0.1, 0.15) is 5.69 Å². The Hall–Kier alpha value is -2.27. The summed E-state index contributed by atoms with van der Waals surface area (Å²) in [5.74, 6) is 0. The molecule has 5 heteroatoms. The van der Waals surface area contributed by atoms with Gasteiger partial charge in [-0.15, -0.1) is 5.10 Å². The summed E-state index contributed by atoms with van der Waals surface area (Å²) in [4.78, 5) is 4.16. The Bertz CT molecular complexity index is 742. The molecular weight excluding hydrogens is 250 g/mol. The Balaban J connectivity index is 2.19. The van der Waals surface area contributed by atoms with Crippen molar-refractivity contribution in [3.63, 3.8) is 0 Å². The molecule has 102 valence electrons. The van der Waals surface area contributed by atoms with Gasteiger partial charge in [0.15, 0.2) is 0 Å². The van der Waals surface area contributed by atoms with Crippen LogP contribution in [0.25, 0.3) is 16.5 Å². The zero-order chi connectivity index (χ0) is 14.1. The second kappa shape index (κ2) is 5.02. The lowest BCUT2D eigenvalue weighted by Crippen LogP contribution is -2.14. The highest BCUT2D eigenvalue weighted by atomic mass is 15.4. The molecule has 0 fully saturated rings. The van der Waals surface area contributed by atoms with Crippen molar-refractivity contribution >= 4 is 10.8 Å². The average Bonchev–Trinajstić information content (AvgIpc) is 2.87. The third kappa shape index (κ3) is 1.96. The first-order valence-electron chi connectivity index (χ1n) is 6.65. The summed E-state index contributed by atoms with van der Waals surface area (Å²) in [5, 5.41) is 14.0. The molecule has 2 heterocycles. The van der Waals surface area contributed by atoms with E-state index in [9.17, 15) is 0 Å². The van der Waals surface area contributed by atoms with Gasteiger partial charge in [-0.1, -0.05) is 17.3 Å². The fourth-order valence-electron chi connectivity index (χ4n) is 2.40. The predicted octanol–water partition coefficient (Wildman–Crippen LogP) is 2.40. The normalized spacial score (nSPS) is 12.8. The fraction of sp³-hybridized carbons (Fsp3) is 0.267. The standard InChI is InChI=1S/C15H17N5/c1-10(16-3)15-11(2)20(19-18-15)14-6-4-5-12-9-17-8-7-13(12)14/h4-10,16H,1-3H3. The van der Waals surface area contributed by atoms with Crippen LogP contribution < -0.4 is 5.32 Å². The van der Waals surface area contributed by atoms with E-state index < -0.39 is 0 Å². The van der Waals surface area contributed by atoms with Crippen molar-refractivity contribution in [2.24, 2.45) is 0 Å². The van der Waals surface area contributed by atoms with Crippen molar-refractivity contribution in [3.8, 4) is 5.69 Å². The van der Waals surface area contributed by atoms with Crippen LogP contribution in [0.4, 0.5) is 0 Å². The molecule has 0 aliphatic heterocycles. The second-order valence-electron chi connectivity index (χ2n) is 4.86. The van der Waals surface area contributed by atoms with E-state index in [0.717, 1.165) is 27.8 Å². The van der Waals surface area contributed by atoms with E-state index in [2.05, 4.69) is 39.7 Å².